The summed E-state index contributed by atoms with van der Waals surface area (Å²) in [4.78, 5) is 3.93. The maximum atomic E-state index is 13.7. The van der Waals surface area contributed by atoms with Gasteiger partial charge in [0.1, 0.15) is 5.82 Å². The predicted molar refractivity (Wildman–Crippen MR) is 72.5 cm³/mol. The number of rotatable bonds is 4. The van der Waals surface area contributed by atoms with Crippen molar-refractivity contribution in [2.75, 3.05) is 11.9 Å². The summed E-state index contributed by atoms with van der Waals surface area (Å²) in [5.41, 5.74) is 0.108. The molecule has 0 saturated heterocycles. The third-order valence-electron chi connectivity index (χ3n) is 2.30. The van der Waals surface area contributed by atoms with Gasteiger partial charge in [-0.15, -0.1) is 0 Å². The van der Waals surface area contributed by atoms with E-state index in [1.807, 2.05) is 0 Å². The molecule has 1 aromatic heterocycles. The second-order valence-corrected chi connectivity index (χ2v) is 4.63. The van der Waals surface area contributed by atoms with E-state index >= 15 is 0 Å². The summed E-state index contributed by atoms with van der Waals surface area (Å²) >= 11 is 3.22. The third kappa shape index (κ3) is 3.41. The molecule has 6 heteroatoms. The normalized spacial score (nSPS) is 10.3. The Morgan fingerprint density at radius 1 is 1.26 bits per heavy atom. The summed E-state index contributed by atoms with van der Waals surface area (Å²) in [6.07, 6.45) is 1.51. The van der Waals surface area contributed by atoms with E-state index in [0.717, 1.165) is 16.6 Å². The van der Waals surface area contributed by atoms with Crippen LogP contribution in [0.3, 0.4) is 0 Å². The fourth-order valence-electron chi connectivity index (χ4n) is 1.47. The molecule has 1 aromatic carbocycles. The highest BCUT2D eigenvalue weighted by Crippen LogP contribution is 2.28. The minimum Gasteiger partial charge on any atom is -0.436 e. The molecule has 0 aliphatic heterocycles. The monoisotopic (exact) mass is 328 g/mol. The van der Waals surface area contributed by atoms with Gasteiger partial charge < -0.3 is 10.1 Å². The zero-order chi connectivity index (χ0) is 13.8. The number of pyridine rings is 1. The summed E-state index contributed by atoms with van der Waals surface area (Å²) in [5.74, 6) is -1.23. The van der Waals surface area contributed by atoms with Gasteiger partial charge in [0.25, 0.3) is 0 Å². The smallest absolute Gasteiger partial charge is 0.219 e. The Bertz CT molecular complexity index is 576. The molecule has 0 aliphatic carbocycles. The van der Waals surface area contributed by atoms with Crippen molar-refractivity contribution in [2.24, 2.45) is 0 Å². The van der Waals surface area contributed by atoms with Crippen LogP contribution in [0, 0.1) is 11.6 Å². The quantitative estimate of drug-likeness (QED) is 0.906. The molecule has 0 fully saturated rings. The van der Waals surface area contributed by atoms with Crippen LogP contribution in [0.5, 0.6) is 11.6 Å². The lowest BCUT2D eigenvalue weighted by atomic mass is 10.2. The van der Waals surface area contributed by atoms with E-state index in [9.17, 15) is 8.78 Å². The van der Waals surface area contributed by atoms with Crippen LogP contribution < -0.4 is 10.1 Å². The summed E-state index contributed by atoms with van der Waals surface area (Å²) in [7, 11) is 0. The van der Waals surface area contributed by atoms with E-state index in [2.05, 4.69) is 26.2 Å². The highest BCUT2D eigenvalue weighted by molar-refractivity contribution is 9.10. The van der Waals surface area contributed by atoms with E-state index in [0.29, 0.717) is 6.54 Å². The van der Waals surface area contributed by atoms with Gasteiger partial charge in [-0.05, 0) is 28.9 Å². The first-order valence-corrected chi connectivity index (χ1v) is 6.41. The average Bonchev–Trinajstić information content (AvgIpc) is 2.38. The van der Waals surface area contributed by atoms with Gasteiger partial charge in [-0.25, -0.2) is 13.8 Å². The Balaban J connectivity index is 2.25. The van der Waals surface area contributed by atoms with Gasteiger partial charge in [0, 0.05) is 35.4 Å². The van der Waals surface area contributed by atoms with Crippen molar-refractivity contribution in [1.82, 2.24) is 4.98 Å². The molecule has 0 radical (unpaired) electrons. The molecular weight excluding hydrogens is 318 g/mol. The number of aromatic nitrogens is 1. The van der Waals surface area contributed by atoms with Gasteiger partial charge in [-0.2, -0.15) is 0 Å². The van der Waals surface area contributed by atoms with E-state index in [-0.39, 0.29) is 17.3 Å². The SMILES string of the molecule is CCNc1cc(F)c(Oc2ccc(Br)cn2)cc1F. The van der Waals surface area contributed by atoms with Crippen LogP contribution in [0.4, 0.5) is 14.5 Å². The minimum absolute atomic E-state index is 0.108. The highest BCUT2D eigenvalue weighted by atomic mass is 79.9. The molecule has 0 spiro atoms. The summed E-state index contributed by atoms with van der Waals surface area (Å²) < 4.78 is 33.4. The third-order valence-corrected chi connectivity index (χ3v) is 2.77. The van der Waals surface area contributed by atoms with Crippen molar-refractivity contribution in [3.05, 3.63) is 46.6 Å². The van der Waals surface area contributed by atoms with Crippen LogP contribution >= 0.6 is 15.9 Å². The van der Waals surface area contributed by atoms with Crippen molar-refractivity contribution >= 4 is 21.6 Å². The summed E-state index contributed by atoms with van der Waals surface area (Å²) in [6.45, 7) is 2.30. The molecule has 3 nitrogen and oxygen atoms in total. The number of halogens is 3. The zero-order valence-electron chi connectivity index (χ0n) is 10.1. The van der Waals surface area contributed by atoms with E-state index in [1.165, 1.54) is 6.20 Å². The van der Waals surface area contributed by atoms with Crippen LogP contribution in [0.15, 0.2) is 34.9 Å². The topological polar surface area (TPSA) is 34.1 Å². The molecule has 2 rings (SSSR count). The van der Waals surface area contributed by atoms with E-state index < -0.39 is 11.6 Å². The van der Waals surface area contributed by atoms with Gasteiger partial charge in [0.2, 0.25) is 5.88 Å². The van der Waals surface area contributed by atoms with Crippen LogP contribution in [0.1, 0.15) is 6.92 Å². The van der Waals surface area contributed by atoms with Crippen molar-refractivity contribution in [3.63, 3.8) is 0 Å². The van der Waals surface area contributed by atoms with E-state index in [1.54, 1.807) is 19.1 Å². The van der Waals surface area contributed by atoms with Crippen molar-refractivity contribution < 1.29 is 13.5 Å². The maximum absolute atomic E-state index is 13.7. The number of nitrogens with zero attached hydrogens (tertiary/aromatic N) is 1. The highest BCUT2D eigenvalue weighted by Gasteiger charge is 2.11. The molecular formula is C13H11BrF2N2O. The molecule has 0 amide bonds. The molecule has 100 valence electrons. The van der Waals surface area contributed by atoms with Gasteiger partial charge >= 0.3 is 0 Å². The standard InChI is InChI=1S/C13H11BrF2N2O/c1-2-17-11-5-10(16)12(6-9(11)15)19-13-4-3-8(14)7-18-13/h3-7,17H,2H2,1H3. The lowest BCUT2D eigenvalue weighted by molar-refractivity contribution is 0.423. The number of hydrogen-bond donors (Lipinski definition) is 1. The molecule has 0 aliphatic rings. The average molecular weight is 329 g/mol. The van der Waals surface area contributed by atoms with Crippen molar-refractivity contribution in [1.29, 1.82) is 0 Å². The van der Waals surface area contributed by atoms with Crippen LogP contribution in [-0.4, -0.2) is 11.5 Å². The first kappa shape index (κ1) is 13.7. The van der Waals surface area contributed by atoms with Gasteiger partial charge in [0.05, 0.1) is 5.69 Å². The first-order valence-electron chi connectivity index (χ1n) is 5.62. The number of benzene rings is 1. The molecule has 0 atom stereocenters. The van der Waals surface area contributed by atoms with Crippen LogP contribution in [0.2, 0.25) is 0 Å². The van der Waals surface area contributed by atoms with Crippen LogP contribution in [0.25, 0.3) is 0 Å². The molecule has 2 aromatic rings. The number of ether oxygens (including phenoxy) is 1. The fraction of sp³-hybridized carbons (Fsp3) is 0.154. The lowest BCUT2D eigenvalue weighted by Gasteiger charge is -2.09. The van der Waals surface area contributed by atoms with Crippen molar-refractivity contribution in [2.45, 2.75) is 6.92 Å². The fourth-order valence-corrected chi connectivity index (χ4v) is 1.70. The largest absolute Gasteiger partial charge is 0.436 e. The van der Waals surface area contributed by atoms with Crippen LogP contribution in [-0.2, 0) is 0 Å². The lowest BCUT2D eigenvalue weighted by Crippen LogP contribution is -2.01. The molecule has 0 bridgehead atoms. The molecule has 0 unspecified atom stereocenters. The second-order valence-electron chi connectivity index (χ2n) is 3.71. The number of nitrogens with one attached hydrogen (secondary N) is 1. The Kier molecular flexibility index (Phi) is 4.31. The van der Waals surface area contributed by atoms with Crippen molar-refractivity contribution in [3.8, 4) is 11.6 Å². The molecule has 19 heavy (non-hydrogen) atoms. The second kappa shape index (κ2) is 5.97. The maximum Gasteiger partial charge on any atom is 0.219 e. The Labute approximate surface area is 117 Å². The molecule has 1 N–H and O–H groups in total. The molecule has 0 saturated carbocycles. The Morgan fingerprint density at radius 3 is 2.68 bits per heavy atom. The first-order chi connectivity index (χ1) is 9.10. The van der Waals surface area contributed by atoms with Gasteiger partial charge in [0.15, 0.2) is 11.6 Å². The zero-order valence-corrected chi connectivity index (χ0v) is 11.7. The minimum atomic E-state index is -0.651. The summed E-state index contributed by atoms with van der Waals surface area (Å²) in [6, 6.07) is 5.31. The predicted octanol–water partition coefficient (Wildman–Crippen LogP) is 4.35. The molecule has 1 heterocycles. The summed E-state index contributed by atoms with van der Waals surface area (Å²) in [5, 5.41) is 2.72. The van der Waals surface area contributed by atoms with Gasteiger partial charge in [-0.1, -0.05) is 0 Å². The Hall–Kier alpha value is -1.69. The van der Waals surface area contributed by atoms with Gasteiger partial charge in [-0.3, -0.25) is 0 Å². The number of anilines is 1. The number of hydrogen-bond acceptors (Lipinski definition) is 3. The Morgan fingerprint density at radius 2 is 2.05 bits per heavy atom. The van der Waals surface area contributed by atoms with E-state index in [4.69, 9.17) is 4.74 Å².